The van der Waals surface area contributed by atoms with Crippen molar-refractivity contribution in [2.24, 2.45) is 0 Å². The third kappa shape index (κ3) is 6.32. The van der Waals surface area contributed by atoms with Gasteiger partial charge in [0.25, 0.3) is 0 Å². The van der Waals surface area contributed by atoms with Gasteiger partial charge in [0, 0.05) is 0 Å². The molecular formula is C9H15S2+. The molecule has 0 aromatic carbocycles. The lowest BCUT2D eigenvalue weighted by Gasteiger charge is -1.98. The topological polar surface area (TPSA) is 0 Å². The molecule has 0 atom stereocenters. The molecule has 0 saturated carbocycles. The van der Waals surface area contributed by atoms with Crippen molar-refractivity contribution < 1.29 is 0 Å². The maximum absolute atomic E-state index is 3.72. The highest BCUT2D eigenvalue weighted by molar-refractivity contribution is 8.74. The average Bonchev–Trinajstić information content (AvgIpc) is 2.01. The van der Waals surface area contributed by atoms with Gasteiger partial charge in [-0.1, -0.05) is 19.2 Å². The second-order valence-corrected chi connectivity index (χ2v) is 6.16. The van der Waals surface area contributed by atoms with E-state index in [1.54, 1.807) is 0 Å². The molecule has 0 bridgehead atoms. The van der Waals surface area contributed by atoms with Gasteiger partial charge in [-0.05, 0) is 12.2 Å². The van der Waals surface area contributed by atoms with Crippen molar-refractivity contribution >= 4 is 20.7 Å². The summed E-state index contributed by atoms with van der Waals surface area (Å²) < 4.78 is 0. The molecule has 0 nitrogen and oxygen atoms in total. The van der Waals surface area contributed by atoms with Crippen LogP contribution in [0.5, 0.6) is 0 Å². The Morgan fingerprint density at radius 2 is 1.55 bits per heavy atom. The van der Waals surface area contributed by atoms with Gasteiger partial charge in [0.15, 0.2) is 0 Å². The van der Waals surface area contributed by atoms with Crippen LogP contribution in [-0.2, 0) is 9.93 Å². The smallest absolute Gasteiger partial charge is 0.102 e. The predicted octanol–water partition coefficient (Wildman–Crippen LogP) is 2.81. The van der Waals surface area contributed by atoms with Crippen LogP contribution >= 0.6 is 10.8 Å². The zero-order chi connectivity index (χ0) is 8.53. The molecule has 0 rings (SSSR count). The van der Waals surface area contributed by atoms with Gasteiger partial charge in [-0.3, -0.25) is 0 Å². The molecule has 62 valence electrons. The van der Waals surface area contributed by atoms with Gasteiger partial charge in [0.05, 0.1) is 26.5 Å². The summed E-state index contributed by atoms with van der Waals surface area (Å²) in [5, 5.41) is 0. The van der Waals surface area contributed by atoms with Crippen LogP contribution in [0, 0.1) is 0 Å². The number of rotatable bonds is 7. The first-order valence-corrected chi connectivity index (χ1v) is 6.55. The van der Waals surface area contributed by atoms with E-state index in [1.165, 1.54) is 0 Å². The van der Waals surface area contributed by atoms with Crippen LogP contribution in [0.3, 0.4) is 0 Å². The van der Waals surface area contributed by atoms with Gasteiger partial charge in [-0.2, -0.15) is 0 Å². The van der Waals surface area contributed by atoms with Crippen LogP contribution in [0.1, 0.15) is 0 Å². The SMILES string of the molecule is C=CCS[S+](CC=C)CC=C. The van der Waals surface area contributed by atoms with Crippen molar-refractivity contribution in [3.05, 3.63) is 38.0 Å². The third-order valence-electron chi connectivity index (χ3n) is 0.960. The Kier molecular flexibility index (Phi) is 7.96. The summed E-state index contributed by atoms with van der Waals surface area (Å²) in [5.41, 5.74) is 0. The first-order chi connectivity index (χ1) is 5.35. The minimum Gasteiger partial charge on any atom is -0.102 e. The molecular weight excluding hydrogens is 172 g/mol. The van der Waals surface area contributed by atoms with Gasteiger partial charge >= 0.3 is 0 Å². The lowest BCUT2D eigenvalue weighted by Crippen LogP contribution is -2.03. The fourth-order valence-electron chi connectivity index (χ4n) is 0.571. The van der Waals surface area contributed by atoms with E-state index in [0.29, 0.717) is 9.93 Å². The standard InChI is InChI=1S/C9H15S2/c1-4-7-10-11(8-5-2)9-6-3/h4-6H,1-3,7-9H2/q+1. The van der Waals surface area contributed by atoms with E-state index in [4.69, 9.17) is 0 Å². The Labute approximate surface area is 76.2 Å². The monoisotopic (exact) mass is 187 g/mol. The highest BCUT2D eigenvalue weighted by Gasteiger charge is 2.14. The molecule has 0 fully saturated rings. The second kappa shape index (κ2) is 8.02. The largest absolute Gasteiger partial charge is 0.138 e. The molecule has 0 amide bonds. The molecule has 0 aromatic heterocycles. The van der Waals surface area contributed by atoms with E-state index < -0.39 is 0 Å². The quantitative estimate of drug-likeness (QED) is 0.335. The Hall–Kier alpha value is -0.0800. The average molecular weight is 187 g/mol. The predicted molar refractivity (Wildman–Crippen MR) is 60.1 cm³/mol. The first-order valence-electron chi connectivity index (χ1n) is 3.48. The molecule has 0 aromatic rings. The summed E-state index contributed by atoms with van der Waals surface area (Å²) in [5.74, 6) is 3.21. The third-order valence-corrected chi connectivity index (χ3v) is 5.10. The lowest BCUT2D eigenvalue weighted by molar-refractivity contribution is 1.72. The van der Waals surface area contributed by atoms with E-state index in [2.05, 4.69) is 19.7 Å². The van der Waals surface area contributed by atoms with Crippen LogP contribution < -0.4 is 0 Å². The van der Waals surface area contributed by atoms with E-state index in [-0.39, 0.29) is 0 Å². The fraction of sp³-hybridized carbons (Fsp3) is 0.333. The van der Waals surface area contributed by atoms with Crippen LogP contribution in [-0.4, -0.2) is 17.3 Å². The summed E-state index contributed by atoms with van der Waals surface area (Å²) >= 11 is 0. The molecule has 0 aliphatic rings. The van der Waals surface area contributed by atoms with Gasteiger partial charge < -0.3 is 0 Å². The van der Waals surface area contributed by atoms with Crippen LogP contribution in [0.2, 0.25) is 0 Å². The normalized spacial score (nSPS) is 9.55. The van der Waals surface area contributed by atoms with Crippen molar-refractivity contribution in [2.45, 2.75) is 0 Å². The zero-order valence-corrected chi connectivity index (χ0v) is 8.42. The Morgan fingerprint density at radius 3 is 1.91 bits per heavy atom. The van der Waals surface area contributed by atoms with E-state index >= 15 is 0 Å². The van der Waals surface area contributed by atoms with Crippen molar-refractivity contribution in [3.63, 3.8) is 0 Å². The molecule has 0 radical (unpaired) electrons. The van der Waals surface area contributed by atoms with Gasteiger partial charge in [-0.25, -0.2) is 0 Å². The molecule has 0 heterocycles. The lowest BCUT2D eigenvalue weighted by atomic mass is 10.8. The number of hydrogen-bond acceptors (Lipinski definition) is 1. The van der Waals surface area contributed by atoms with Crippen molar-refractivity contribution in [2.75, 3.05) is 17.3 Å². The van der Waals surface area contributed by atoms with E-state index in [9.17, 15) is 0 Å². The maximum atomic E-state index is 3.72. The van der Waals surface area contributed by atoms with Gasteiger partial charge in [0.1, 0.15) is 11.5 Å². The molecule has 0 saturated heterocycles. The van der Waals surface area contributed by atoms with Crippen LogP contribution in [0.15, 0.2) is 38.0 Å². The van der Waals surface area contributed by atoms with Crippen LogP contribution in [0.4, 0.5) is 0 Å². The zero-order valence-electron chi connectivity index (χ0n) is 6.79. The summed E-state index contributed by atoms with van der Waals surface area (Å²) in [7, 11) is 2.32. The second-order valence-electron chi connectivity index (χ2n) is 1.92. The maximum Gasteiger partial charge on any atom is 0.138 e. The Balaban J connectivity index is 3.57. The molecule has 2 heteroatoms. The highest BCUT2D eigenvalue weighted by atomic mass is 33.1. The van der Waals surface area contributed by atoms with Gasteiger partial charge in [0.2, 0.25) is 0 Å². The van der Waals surface area contributed by atoms with E-state index in [0.717, 1.165) is 17.3 Å². The van der Waals surface area contributed by atoms with E-state index in [1.807, 2.05) is 29.0 Å². The molecule has 0 spiro atoms. The molecule has 11 heavy (non-hydrogen) atoms. The van der Waals surface area contributed by atoms with Crippen molar-refractivity contribution in [3.8, 4) is 0 Å². The minimum absolute atomic E-state index is 0.385. The summed E-state index contributed by atoms with van der Waals surface area (Å²) in [6, 6.07) is 0. The molecule has 0 N–H and O–H groups in total. The minimum atomic E-state index is 0.385. The summed E-state index contributed by atoms with van der Waals surface area (Å²) in [6.07, 6.45) is 5.89. The fourth-order valence-corrected chi connectivity index (χ4v) is 3.74. The van der Waals surface area contributed by atoms with Crippen LogP contribution in [0.25, 0.3) is 0 Å². The summed E-state index contributed by atoms with van der Waals surface area (Å²) in [6.45, 7) is 11.1. The van der Waals surface area contributed by atoms with Crippen molar-refractivity contribution in [1.29, 1.82) is 0 Å². The molecule has 0 aliphatic heterocycles. The van der Waals surface area contributed by atoms with Crippen molar-refractivity contribution in [1.82, 2.24) is 0 Å². The van der Waals surface area contributed by atoms with Gasteiger partial charge in [-0.15, -0.1) is 6.58 Å². The Morgan fingerprint density at radius 1 is 1.00 bits per heavy atom. The molecule has 0 aliphatic carbocycles. The molecule has 0 unspecified atom stereocenters. The highest BCUT2D eigenvalue weighted by Crippen LogP contribution is 2.16. The Bertz CT molecular complexity index is 120. The first kappa shape index (κ1) is 10.9. The summed E-state index contributed by atoms with van der Waals surface area (Å²) in [4.78, 5) is 0. The number of hydrogen-bond donors (Lipinski definition) is 0.